The van der Waals surface area contributed by atoms with Crippen LogP contribution in [0.4, 0.5) is 4.39 Å². The number of phenolic OH excluding ortho intramolecular Hbond substituents is 1. The Bertz CT molecular complexity index is 351. The molecule has 0 saturated heterocycles. The lowest BCUT2D eigenvalue weighted by molar-refractivity contribution is 0.0946. The number of nitrogens with one attached hydrogen (secondary N) is 1. The summed E-state index contributed by atoms with van der Waals surface area (Å²) in [6, 6.07) is 3.75. The third kappa shape index (κ3) is 3.38. The molecule has 0 bridgehead atoms. The molecule has 0 atom stereocenters. The van der Waals surface area contributed by atoms with Gasteiger partial charge < -0.3 is 10.4 Å². The Morgan fingerprint density at radius 3 is 2.81 bits per heavy atom. The second-order valence-corrected chi connectivity index (χ2v) is 3.66. The van der Waals surface area contributed by atoms with Crippen LogP contribution in [0, 0.1) is 5.82 Å². The summed E-state index contributed by atoms with van der Waals surface area (Å²) in [6.45, 7) is 0.416. The quantitative estimate of drug-likeness (QED) is 0.618. The fourth-order valence-electron chi connectivity index (χ4n) is 1.25. The number of aromatic hydroxyl groups is 1. The highest BCUT2D eigenvalue weighted by Crippen LogP contribution is 2.19. The fourth-order valence-corrected chi connectivity index (χ4v) is 1.44. The standard InChI is InChI=1S/C11H13ClFNO2/c12-6-1-2-7-14-11(16)10-8(13)4-3-5-9(10)15/h3-5,15H,1-2,6-7H2,(H,14,16). The van der Waals surface area contributed by atoms with E-state index in [1.807, 2.05) is 0 Å². The first-order valence-corrected chi connectivity index (χ1v) is 5.52. The molecule has 1 aromatic rings. The molecule has 0 saturated carbocycles. The molecule has 1 amide bonds. The average molecular weight is 246 g/mol. The Hall–Kier alpha value is -1.29. The zero-order chi connectivity index (χ0) is 12.0. The van der Waals surface area contributed by atoms with Crippen molar-refractivity contribution in [3.05, 3.63) is 29.6 Å². The van der Waals surface area contributed by atoms with Crippen molar-refractivity contribution < 1.29 is 14.3 Å². The molecule has 0 heterocycles. The van der Waals surface area contributed by atoms with Crippen LogP contribution in [0.15, 0.2) is 18.2 Å². The molecule has 0 radical (unpaired) electrons. The van der Waals surface area contributed by atoms with Gasteiger partial charge in [0.15, 0.2) is 0 Å². The molecule has 3 nitrogen and oxygen atoms in total. The molecule has 0 spiro atoms. The van der Waals surface area contributed by atoms with Gasteiger partial charge in [0.2, 0.25) is 0 Å². The van der Waals surface area contributed by atoms with Crippen LogP contribution in [0.3, 0.4) is 0 Å². The molecule has 0 aliphatic carbocycles. The third-order valence-electron chi connectivity index (χ3n) is 2.06. The van der Waals surface area contributed by atoms with Gasteiger partial charge in [-0.15, -0.1) is 11.6 Å². The molecule has 0 unspecified atom stereocenters. The number of unbranched alkanes of at least 4 members (excludes halogenated alkanes) is 1. The van der Waals surface area contributed by atoms with Gasteiger partial charge in [-0.1, -0.05) is 6.07 Å². The summed E-state index contributed by atoms with van der Waals surface area (Å²) in [5, 5.41) is 11.9. The van der Waals surface area contributed by atoms with E-state index in [0.29, 0.717) is 12.4 Å². The van der Waals surface area contributed by atoms with E-state index in [-0.39, 0.29) is 11.3 Å². The molecule has 0 aliphatic heterocycles. The number of hydrogen-bond acceptors (Lipinski definition) is 2. The monoisotopic (exact) mass is 245 g/mol. The topological polar surface area (TPSA) is 49.3 Å². The molecule has 0 fully saturated rings. The number of amides is 1. The zero-order valence-corrected chi connectivity index (χ0v) is 9.43. The second-order valence-electron chi connectivity index (χ2n) is 3.29. The highest BCUT2D eigenvalue weighted by molar-refractivity contribution is 6.17. The minimum Gasteiger partial charge on any atom is -0.507 e. The van der Waals surface area contributed by atoms with Crippen molar-refractivity contribution in [2.45, 2.75) is 12.8 Å². The summed E-state index contributed by atoms with van der Waals surface area (Å²) in [4.78, 5) is 11.5. The van der Waals surface area contributed by atoms with Gasteiger partial charge in [0.25, 0.3) is 5.91 Å². The number of carbonyl (C=O) groups is 1. The summed E-state index contributed by atoms with van der Waals surface area (Å²) < 4.78 is 13.2. The lowest BCUT2D eigenvalue weighted by atomic mass is 10.1. The van der Waals surface area contributed by atoms with Crippen LogP contribution in [0.25, 0.3) is 0 Å². The maximum absolute atomic E-state index is 13.2. The predicted molar refractivity (Wildman–Crippen MR) is 60.4 cm³/mol. The van der Waals surface area contributed by atoms with Gasteiger partial charge in [-0.3, -0.25) is 4.79 Å². The van der Waals surface area contributed by atoms with Gasteiger partial charge in [-0.25, -0.2) is 4.39 Å². The number of alkyl halides is 1. The van der Waals surface area contributed by atoms with Crippen LogP contribution in [0.2, 0.25) is 0 Å². The van der Waals surface area contributed by atoms with Crippen LogP contribution in [-0.2, 0) is 0 Å². The van der Waals surface area contributed by atoms with Gasteiger partial charge in [0.1, 0.15) is 17.1 Å². The minimum absolute atomic E-state index is 0.312. The third-order valence-corrected chi connectivity index (χ3v) is 2.33. The van der Waals surface area contributed by atoms with Crippen LogP contribution in [0.5, 0.6) is 5.75 Å². The zero-order valence-electron chi connectivity index (χ0n) is 8.67. The molecule has 1 aromatic carbocycles. The largest absolute Gasteiger partial charge is 0.507 e. The molecular weight excluding hydrogens is 233 g/mol. The van der Waals surface area contributed by atoms with Gasteiger partial charge in [0, 0.05) is 12.4 Å². The van der Waals surface area contributed by atoms with Gasteiger partial charge >= 0.3 is 0 Å². The molecular formula is C11H13ClFNO2. The molecule has 2 N–H and O–H groups in total. The summed E-state index contributed by atoms with van der Waals surface area (Å²) in [7, 11) is 0. The highest BCUT2D eigenvalue weighted by atomic mass is 35.5. The van der Waals surface area contributed by atoms with E-state index in [4.69, 9.17) is 11.6 Å². The Labute approximate surface area is 98.2 Å². The maximum atomic E-state index is 13.2. The smallest absolute Gasteiger partial charge is 0.258 e. The Morgan fingerprint density at radius 2 is 2.19 bits per heavy atom. The van der Waals surface area contributed by atoms with Gasteiger partial charge in [-0.2, -0.15) is 0 Å². The van der Waals surface area contributed by atoms with Crippen molar-refractivity contribution >= 4 is 17.5 Å². The predicted octanol–water partition coefficient (Wildman–Crippen LogP) is 2.28. The number of carbonyl (C=O) groups excluding carboxylic acids is 1. The molecule has 0 aliphatic rings. The first-order chi connectivity index (χ1) is 7.66. The Kier molecular flexibility index (Phi) is 5.05. The van der Waals surface area contributed by atoms with E-state index < -0.39 is 11.7 Å². The molecule has 1 rings (SSSR count). The molecule has 0 aromatic heterocycles. The lowest BCUT2D eigenvalue weighted by Gasteiger charge is -2.06. The van der Waals surface area contributed by atoms with Crippen molar-refractivity contribution in [1.82, 2.24) is 5.32 Å². The van der Waals surface area contributed by atoms with E-state index in [0.717, 1.165) is 18.9 Å². The van der Waals surface area contributed by atoms with Crippen molar-refractivity contribution in [2.75, 3.05) is 12.4 Å². The van der Waals surface area contributed by atoms with Crippen molar-refractivity contribution in [1.29, 1.82) is 0 Å². The fraction of sp³-hybridized carbons (Fsp3) is 0.364. The molecule has 5 heteroatoms. The number of halogens is 2. The maximum Gasteiger partial charge on any atom is 0.258 e. The van der Waals surface area contributed by atoms with Crippen LogP contribution in [-0.4, -0.2) is 23.4 Å². The second kappa shape index (κ2) is 6.33. The molecule has 88 valence electrons. The van der Waals surface area contributed by atoms with Crippen molar-refractivity contribution in [3.8, 4) is 5.75 Å². The summed E-state index contributed by atoms with van der Waals surface area (Å²) >= 11 is 5.47. The number of rotatable bonds is 5. The van der Waals surface area contributed by atoms with E-state index >= 15 is 0 Å². The summed E-state index contributed by atoms with van der Waals surface area (Å²) in [6.07, 6.45) is 1.51. The van der Waals surface area contributed by atoms with E-state index in [1.165, 1.54) is 12.1 Å². The highest BCUT2D eigenvalue weighted by Gasteiger charge is 2.15. The SMILES string of the molecule is O=C(NCCCCCl)c1c(O)cccc1F. The summed E-state index contributed by atoms with van der Waals surface area (Å²) in [5.74, 6) is -1.16. The van der Waals surface area contributed by atoms with E-state index in [1.54, 1.807) is 0 Å². The van der Waals surface area contributed by atoms with E-state index in [9.17, 15) is 14.3 Å². The Balaban J connectivity index is 2.59. The number of phenols is 1. The van der Waals surface area contributed by atoms with Crippen molar-refractivity contribution in [3.63, 3.8) is 0 Å². The van der Waals surface area contributed by atoms with Gasteiger partial charge in [0.05, 0.1) is 0 Å². The first-order valence-electron chi connectivity index (χ1n) is 4.98. The van der Waals surface area contributed by atoms with Crippen LogP contribution in [0.1, 0.15) is 23.2 Å². The van der Waals surface area contributed by atoms with Crippen LogP contribution >= 0.6 is 11.6 Å². The lowest BCUT2D eigenvalue weighted by Crippen LogP contribution is -2.25. The molecule has 16 heavy (non-hydrogen) atoms. The van der Waals surface area contributed by atoms with Crippen molar-refractivity contribution in [2.24, 2.45) is 0 Å². The summed E-state index contributed by atoms with van der Waals surface area (Å²) in [5.41, 5.74) is -0.312. The van der Waals surface area contributed by atoms with E-state index in [2.05, 4.69) is 5.32 Å². The number of hydrogen-bond donors (Lipinski definition) is 2. The first kappa shape index (κ1) is 12.8. The van der Waals surface area contributed by atoms with Crippen LogP contribution < -0.4 is 5.32 Å². The number of benzene rings is 1. The average Bonchev–Trinajstić information content (AvgIpc) is 2.24. The normalized spacial score (nSPS) is 10.1. The Morgan fingerprint density at radius 1 is 1.44 bits per heavy atom. The van der Waals surface area contributed by atoms with Gasteiger partial charge in [-0.05, 0) is 25.0 Å². The minimum atomic E-state index is -0.727.